The van der Waals surface area contributed by atoms with Crippen LogP contribution in [0.4, 0.5) is 4.39 Å². The number of nitrogens with one attached hydrogen (secondary N) is 1. The zero-order valence-electron chi connectivity index (χ0n) is 10.8. The van der Waals surface area contributed by atoms with E-state index in [0.29, 0.717) is 4.47 Å². The predicted molar refractivity (Wildman–Crippen MR) is 74.1 cm³/mol. The van der Waals surface area contributed by atoms with E-state index >= 15 is 0 Å². The molecule has 0 amide bonds. The molecule has 0 aliphatic carbocycles. The van der Waals surface area contributed by atoms with Crippen molar-refractivity contribution in [3.05, 3.63) is 34.1 Å². The van der Waals surface area contributed by atoms with Crippen molar-refractivity contribution in [3.63, 3.8) is 0 Å². The van der Waals surface area contributed by atoms with Crippen LogP contribution in [0.2, 0.25) is 0 Å². The SMILES string of the molecule is CCC1(CC)CNCC(c2ccc(F)c(Br)c2)O1. The minimum atomic E-state index is -0.236. The minimum Gasteiger partial charge on any atom is -0.364 e. The Kier molecular flexibility index (Phi) is 4.41. The molecule has 1 aliphatic rings. The van der Waals surface area contributed by atoms with Gasteiger partial charge in [-0.2, -0.15) is 0 Å². The van der Waals surface area contributed by atoms with Crippen molar-refractivity contribution in [2.45, 2.75) is 38.4 Å². The van der Waals surface area contributed by atoms with Crippen LogP contribution >= 0.6 is 15.9 Å². The van der Waals surface area contributed by atoms with E-state index in [-0.39, 0.29) is 17.5 Å². The molecule has 1 heterocycles. The van der Waals surface area contributed by atoms with Crippen LogP contribution in [-0.4, -0.2) is 18.7 Å². The van der Waals surface area contributed by atoms with E-state index in [2.05, 4.69) is 35.1 Å². The molecule has 4 heteroatoms. The van der Waals surface area contributed by atoms with Crippen molar-refractivity contribution >= 4 is 15.9 Å². The Morgan fingerprint density at radius 3 is 2.78 bits per heavy atom. The Bertz CT molecular complexity index is 420. The monoisotopic (exact) mass is 315 g/mol. The quantitative estimate of drug-likeness (QED) is 0.916. The first kappa shape index (κ1) is 14.0. The van der Waals surface area contributed by atoms with Crippen molar-refractivity contribution in [1.29, 1.82) is 0 Å². The highest BCUT2D eigenvalue weighted by molar-refractivity contribution is 9.10. The van der Waals surface area contributed by atoms with Crippen molar-refractivity contribution in [1.82, 2.24) is 5.32 Å². The van der Waals surface area contributed by atoms with Gasteiger partial charge in [0.1, 0.15) is 5.82 Å². The lowest BCUT2D eigenvalue weighted by Gasteiger charge is -2.41. The summed E-state index contributed by atoms with van der Waals surface area (Å²) in [5.41, 5.74) is 0.922. The summed E-state index contributed by atoms with van der Waals surface area (Å²) in [6.07, 6.45) is 1.96. The van der Waals surface area contributed by atoms with E-state index in [1.165, 1.54) is 6.07 Å². The largest absolute Gasteiger partial charge is 0.364 e. The van der Waals surface area contributed by atoms with Gasteiger partial charge in [-0.15, -0.1) is 0 Å². The van der Waals surface area contributed by atoms with Crippen LogP contribution in [0, 0.1) is 5.82 Å². The fraction of sp³-hybridized carbons (Fsp3) is 0.571. The first-order valence-electron chi connectivity index (χ1n) is 6.43. The number of hydrogen-bond donors (Lipinski definition) is 1. The molecule has 0 saturated carbocycles. The van der Waals surface area contributed by atoms with Gasteiger partial charge in [0.15, 0.2) is 0 Å². The van der Waals surface area contributed by atoms with Crippen LogP contribution in [0.5, 0.6) is 0 Å². The molecule has 1 aromatic carbocycles. The lowest BCUT2D eigenvalue weighted by atomic mass is 9.93. The third kappa shape index (κ3) is 2.76. The maximum atomic E-state index is 13.2. The standard InChI is InChI=1S/C14H19BrFNO/c1-3-14(4-2)9-17-8-13(18-14)10-5-6-12(16)11(15)7-10/h5-7,13,17H,3-4,8-9H2,1-2H3. The number of morpholine rings is 1. The summed E-state index contributed by atoms with van der Waals surface area (Å²) in [7, 11) is 0. The molecule has 1 aliphatic heterocycles. The van der Waals surface area contributed by atoms with E-state index in [9.17, 15) is 4.39 Å². The summed E-state index contributed by atoms with van der Waals surface area (Å²) in [5, 5.41) is 3.43. The van der Waals surface area contributed by atoms with Gasteiger partial charge in [-0.1, -0.05) is 19.9 Å². The Hall–Kier alpha value is -0.450. The van der Waals surface area contributed by atoms with Crippen molar-refractivity contribution in [3.8, 4) is 0 Å². The Balaban J connectivity index is 2.20. The van der Waals surface area contributed by atoms with E-state index in [0.717, 1.165) is 31.5 Å². The zero-order chi connectivity index (χ0) is 13.2. The molecule has 1 unspecified atom stereocenters. The lowest BCUT2D eigenvalue weighted by molar-refractivity contribution is -0.122. The van der Waals surface area contributed by atoms with Gasteiger partial charge >= 0.3 is 0 Å². The topological polar surface area (TPSA) is 21.3 Å². The van der Waals surface area contributed by atoms with Crippen LogP contribution < -0.4 is 5.32 Å². The molecule has 0 spiro atoms. The van der Waals surface area contributed by atoms with Crippen LogP contribution in [0.15, 0.2) is 22.7 Å². The average molecular weight is 316 g/mol. The van der Waals surface area contributed by atoms with Gasteiger partial charge in [0.25, 0.3) is 0 Å². The van der Waals surface area contributed by atoms with E-state index < -0.39 is 0 Å². The molecule has 1 saturated heterocycles. The lowest BCUT2D eigenvalue weighted by Crippen LogP contribution is -2.50. The normalized spacial score (nSPS) is 23.0. The number of rotatable bonds is 3. The molecule has 0 aromatic heterocycles. The number of ether oxygens (including phenoxy) is 1. The summed E-state index contributed by atoms with van der Waals surface area (Å²) in [6, 6.07) is 5.09. The maximum Gasteiger partial charge on any atom is 0.137 e. The smallest absolute Gasteiger partial charge is 0.137 e. The number of benzene rings is 1. The molecule has 1 fully saturated rings. The summed E-state index contributed by atoms with van der Waals surface area (Å²) in [6.45, 7) is 5.96. The maximum absolute atomic E-state index is 13.2. The second-order valence-corrected chi connectivity index (χ2v) is 5.66. The molecule has 18 heavy (non-hydrogen) atoms. The number of hydrogen-bond acceptors (Lipinski definition) is 2. The second kappa shape index (κ2) is 5.68. The van der Waals surface area contributed by atoms with Crippen molar-refractivity contribution in [2.75, 3.05) is 13.1 Å². The van der Waals surface area contributed by atoms with Crippen LogP contribution in [0.25, 0.3) is 0 Å². The van der Waals surface area contributed by atoms with Crippen LogP contribution in [-0.2, 0) is 4.74 Å². The summed E-state index contributed by atoms with van der Waals surface area (Å²) < 4.78 is 20.0. The molecule has 1 atom stereocenters. The molecular weight excluding hydrogens is 297 g/mol. The van der Waals surface area contributed by atoms with Gasteiger partial charge in [-0.05, 0) is 46.5 Å². The first-order valence-corrected chi connectivity index (χ1v) is 7.23. The molecule has 1 N–H and O–H groups in total. The van der Waals surface area contributed by atoms with E-state index in [1.54, 1.807) is 6.07 Å². The Morgan fingerprint density at radius 1 is 1.44 bits per heavy atom. The summed E-state index contributed by atoms with van der Waals surface area (Å²) >= 11 is 3.22. The minimum absolute atomic E-state index is 0.00412. The Labute approximate surface area is 116 Å². The van der Waals surface area contributed by atoms with Gasteiger partial charge in [0.2, 0.25) is 0 Å². The molecule has 2 rings (SSSR count). The average Bonchev–Trinajstić information content (AvgIpc) is 2.42. The molecule has 0 bridgehead atoms. The highest BCUT2D eigenvalue weighted by Crippen LogP contribution is 2.33. The van der Waals surface area contributed by atoms with Crippen molar-refractivity contribution < 1.29 is 9.13 Å². The van der Waals surface area contributed by atoms with E-state index in [4.69, 9.17) is 4.74 Å². The first-order chi connectivity index (χ1) is 8.60. The van der Waals surface area contributed by atoms with Crippen molar-refractivity contribution in [2.24, 2.45) is 0 Å². The molecule has 100 valence electrons. The molecule has 0 radical (unpaired) electrons. The van der Waals surface area contributed by atoms with Crippen LogP contribution in [0.1, 0.15) is 38.4 Å². The third-order valence-electron chi connectivity index (χ3n) is 3.77. The van der Waals surface area contributed by atoms with Gasteiger partial charge in [0.05, 0.1) is 16.2 Å². The van der Waals surface area contributed by atoms with Gasteiger partial charge in [-0.25, -0.2) is 4.39 Å². The fourth-order valence-corrected chi connectivity index (χ4v) is 2.78. The predicted octanol–water partition coefficient (Wildman–Crippen LogP) is 3.81. The summed E-state index contributed by atoms with van der Waals surface area (Å²) in [5.74, 6) is -0.236. The van der Waals surface area contributed by atoms with E-state index in [1.807, 2.05) is 6.07 Å². The Morgan fingerprint density at radius 2 is 2.17 bits per heavy atom. The molecular formula is C14H19BrFNO. The fourth-order valence-electron chi connectivity index (χ4n) is 2.38. The second-order valence-electron chi connectivity index (χ2n) is 4.80. The number of halogens is 2. The highest BCUT2D eigenvalue weighted by Gasteiger charge is 2.34. The summed E-state index contributed by atoms with van der Waals surface area (Å²) in [4.78, 5) is 0. The van der Waals surface area contributed by atoms with Crippen LogP contribution in [0.3, 0.4) is 0 Å². The zero-order valence-corrected chi connectivity index (χ0v) is 12.4. The van der Waals surface area contributed by atoms with Gasteiger partial charge < -0.3 is 10.1 Å². The highest BCUT2D eigenvalue weighted by atomic mass is 79.9. The van der Waals surface area contributed by atoms with Gasteiger partial charge in [0, 0.05) is 13.1 Å². The third-order valence-corrected chi connectivity index (χ3v) is 4.38. The molecule has 2 nitrogen and oxygen atoms in total. The van der Waals surface area contributed by atoms with Gasteiger partial charge in [-0.3, -0.25) is 0 Å². The molecule has 1 aromatic rings.